The van der Waals surface area contributed by atoms with Crippen LogP contribution in [0, 0.1) is 0 Å². The highest BCUT2D eigenvalue weighted by molar-refractivity contribution is 8.00. The third kappa shape index (κ3) is 2.81. The number of benzene rings is 1. The number of rotatable bonds is 3. The predicted octanol–water partition coefficient (Wildman–Crippen LogP) is 4.22. The van der Waals surface area contributed by atoms with E-state index in [9.17, 15) is 0 Å². The van der Waals surface area contributed by atoms with Gasteiger partial charge in [0.05, 0.1) is 22.7 Å². The Morgan fingerprint density at radius 2 is 2.35 bits per heavy atom. The van der Waals surface area contributed by atoms with Crippen molar-refractivity contribution >= 4 is 29.1 Å². The van der Waals surface area contributed by atoms with Gasteiger partial charge in [-0.15, -0.1) is 0 Å². The van der Waals surface area contributed by atoms with E-state index in [1.54, 1.807) is 12.5 Å². The summed E-state index contributed by atoms with van der Waals surface area (Å²) in [6.45, 7) is 2.29. The molecule has 1 N–H and O–H groups in total. The van der Waals surface area contributed by atoms with Crippen molar-refractivity contribution in [1.82, 2.24) is 9.55 Å². The summed E-state index contributed by atoms with van der Waals surface area (Å²) < 4.78 is 1.96. The van der Waals surface area contributed by atoms with Gasteiger partial charge in [-0.2, -0.15) is 11.8 Å². The Morgan fingerprint density at radius 1 is 1.45 bits per heavy atom. The minimum Gasteiger partial charge on any atom is -0.379 e. The third-order valence-electron chi connectivity index (χ3n) is 3.70. The van der Waals surface area contributed by atoms with Crippen molar-refractivity contribution in [2.75, 3.05) is 11.1 Å². The summed E-state index contributed by atoms with van der Waals surface area (Å²) in [5.74, 6) is 1.27. The SMILES string of the molecule is CC1SCCCC1Nc1cccc(Cl)c1-n1ccnc1. The fourth-order valence-electron chi connectivity index (χ4n) is 2.60. The number of para-hydroxylation sites is 1. The molecule has 1 saturated heterocycles. The molecule has 0 spiro atoms. The molecule has 0 saturated carbocycles. The summed E-state index contributed by atoms with van der Waals surface area (Å²) in [6.07, 6.45) is 7.96. The summed E-state index contributed by atoms with van der Waals surface area (Å²) in [5.41, 5.74) is 2.06. The molecule has 2 unspecified atom stereocenters. The lowest BCUT2D eigenvalue weighted by atomic mass is 10.1. The first-order valence-electron chi connectivity index (χ1n) is 6.90. The van der Waals surface area contributed by atoms with Gasteiger partial charge in [-0.1, -0.05) is 24.6 Å². The van der Waals surface area contributed by atoms with Gasteiger partial charge in [0, 0.05) is 23.7 Å². The molecule has 106 valence electrons. The Morgan fingerprint density at radius 3 is 3.10 bits per heavy atom. The standard InChI is InChI=1S/C15H18ClN3S/c1-11-13(6-3-9-20-11)18-14-5-2-4-12(16)15(14)19-8-7-17-10-19/h2,4-5,7-8,10-11,13,18H,3,6,9H2,1H3. The Kier molecular flexibility index (Phi) is 4.22. The summed E-state index contributed by atoms with van der Waals surface area (Å²) in [4.78, 5) is 4.11. The van der Waals surface area contributed by atoms with E-state index in [2.05, 4.69) is 23.3 Å². The Bertz CT molecular complexity index is 571. The van der Waals surface area contributed by atoms with Crippen LogP contribution in [-0.2, 0) is 0 Å². The largest absolute Gasteiger partial charge is 0.379 e. The second-order valence-corrected chi connectivity index (χ2v) is 6.97. The Balaban J connectivity index is 1.91. The van der Waals surface area contributed by atoms with Crippen molar-refractivity contribution in [3.05, 3.63) is 41.9 Å². The molecular formula is C15H18ClN3S. The van der Waals surface area contributed by atoms with Crippen molar-refractivity contribution in [2.45, 2.75) is 31.1 Å². The first-order chi connectivity index (χ1) is 9.75. The van der Waals surface area contributed by atoms with Crippen LogP contribution in [0.5, 0.6) is 0 Å². The maximum Gasteiger partial charge on any atom is 0.0992 e. The van der Waals surface area contributed by atoms with Gasteiger partial charge in [0.2, 0.25) is 0 Å². The molecule has 1 aromatic carbocycles. The molecule has 0 radical (unpaired) electrons. The first kappa shape index (κ1) is 13.8. The second kappa shape index (κ2) is 6.10. The van der Waals surface area contributed by atoms with Gasteiger partial charge in [-0.05, 0) is 30.7 Å². The van der Waals surface area contributed by atoms with Crippen LogP contribution in [0.4, 0.5) is 5.69 Å². The predicted molar refractivity (Wildman–Crippen MR) is 87.1 cm³/mol. The van der Waals surface area contributed by atoms with Crippen molar-refractivity contribution < 1.29 is 0 Å². The van der Waals surface area contributed by atoms with Crippen LogP contribution in [0.15, 0.2) is 36.9 Å². The van der Waals surface area contributed by atoms with Gasteiger partial charge >= 0.3 is 0 Å². The molecule has 3 nitrogen and oxygen atoms in total. The lowest BCUT2D eigenvalue weighted by Crippen LogP contribution is -2.33. The van der Waals surface area contributed by atoms with Gasteiger partial charge in [0.15, 0.2) is 0 Å². The molecule has 2 aromatic rings. The maximum absolute atomic E-state index is 6.38. The Hall–Kier alpha value is -1.13. The number of hydrogen-bond donors (Lipinski definition) is 1. The monoisotopic (exact) mass is 307 g/mol. The highest BCUT2D eigenvalue weighted by Gasteiger charge is 2.22. The number of anilines is 1. The normalized spacial score (nSPS) is 22.7. The van der Waals surface area contributed by atoms with Gasteiger partial charge < -0.3 is 9.88 Å². The van der Waals surface area contributed by atoms with Gasteiger partial charge in [0.1, 0.15) is 0 Å². The van der Waals surface area contributed by atoms with Crippen molar-refractivity contribution in [3.8, 4) is 5.69 Å². The molecule has 1 aliphatic rings. The van der Waals surface area contributed by atoms with E-state index in [-0.39, 0.29) is 0 Å². The van der Waals surface area contributed by atoms with Crippen LogP contribution in [0.3, 0.4) is 0 Å². The zero-order valence-electron chi connectivity index (χ0n) is 11.4. The maximum atomic E-state index is 6.38. The van der Waals surface area contributed by atoms with Crippen molar-refractivity contribution in [1.29, 1.82) is 0 Å². The zero-order chi connectivity index (χ0) is 13.9. The van der Waals surface area contributed by atoms with E-state index in [1.807, 2.05) is 34.7 Å². The number of nitrogens with one attached hydrogen (secondary N) is 1. The van der Waals surface area contributed by atoms with Crippen LogP contribution < -0.4 is 5.32 Å². The van der Waals surface area contributed by atoms with E-state index < -0.39 is 0 Å². The van der Waals surface area contributed by atoms with E-state index >= 15 is 0 Å². The van der Waals surface area contributed by atoms with Gasteiger partial charge in [-0.3, -0.25) is 0 Å². The average Bonchev–Trinajstić information content (AvgIpc) is 2.95. The molecule has 1 fully saturated rings. The fourth-order valence-corrected chi connectivity index (χ4v) is 4.01. The molecule has 1 aliphatic heterocycles. The molecule has 3 rings (SSSR count). The molecular weight excluding hydrogens is 290 g/mol. The number of imidazole rings is 1. The quantitative estimate of drug-likeness (QED) is 0.920. The highest BCUT2D eigenvalue weighted by atomic mass is 35.5. The number of thioether (sulfide) groups is 1. The fraction of sp³-hybridized carbons (Fsp3) is 0.400. The smallest absolute Gasteiger partial charge is 0.0992 e. The van der Waals surface area contributed by atoms with Gasteiger partial charge in [-0.25, -0.2) is 4.98 Å². The molecule has 0 aliphatic carbocycles. The molecule has 2 heterocycles. The Labute approximate surface area is 128 Å². The number of aromatic nitrogens is 2. The van der Waals surface area contributed by atoms with E-state index in [0.29, 0.717) is 11.3 Å². The van der Waals surface area contributed by atoms with E-state index in [1.165, 1.54) is 18.6 Å². The molecule has 20 heavy (non-hydrogen) atoms. The molecule has 2 atom stereocenters. The average molecular weight is 308 g/mol. The molecule has 0 bridgehead atoms. The van der Waals surface area contributed by atoms with Crippen LogP contribution in [0.25, 0.3) is 5.69 Å². The summed E-state index contributed by atoms with van der Waals surface area (Å²) in [6, 6.07) is 6.49. The second-order valence-electron chi connectivity index (χ2n) is 5.07. The van der Waals surface area contributed by atoms with Crippen LogP contribution in [-0.4, -0.2) is 26.6 Å². The van der Waals surface area contributed by atoms with E-state index in [4.69, 9.17) is 11.6 Å². The van der Waals surface area contributed by atoms with Crippen molar-refractivity contribution in [2.24, 2.45) is 0 Å². The lowest BCUT2D eigenvalue weighted by molar-refractivity contribution is 0.617. The first-order valence-corrected chi connectivity index (χ1v) is 8.33. The third-order valence-corrected chi connectivity index (χ3v) is 5.38. The number of halogens is 1. The molecule has 0 amide bonds. The summed E-state index contributed by atoms with van der Waals surface area (Å²) in [5, 5.41) is 5.04. The van der Waals surface area contributed by atoms with Crippen LogP contribution in [0.1, 0.15) is 19.8 Å². The summed E-state index contributed by atoms with van der Waals surface area (Å²) in [7, 11) is 0. The topological polar surface area (TPSA) is 29.9 Å². The lowest BCUT2D eigenvalue weighted by Gasteiger charge is -2.30. The molecule has 1 aromatic heterocycles. The van der Waals surface area contributed by atoms with Crippen LogP contribution >= 0.6 is 23.4 Å². The number of hydrogen-bond acceptors (Lipinski definition) is 3. The van der Waals surface area contributed by atoms with Gasteiger partial charge in [0.25, 0.3) is 0 Å². The summed E-state index contributed by atoms with van der Waals surface area (Å²) >= 11 is 8.42. The van der Waals surface area contributed by atoms with E-state index in [0.717, 1.165) is 16.4 Å². The highest BCUT2D eigenvalue weighted by Crippen LogP contribution is 2.32. The molecule has 5 heteroatoms. The van der Waals surface area contributed by atoms with Crippen LogP contribution in [0.2, 0.25) is 5.02 Å². The minimum atomic E-state index is 0.495. The minimum absolute atomic E-state index is 0.495. The zero-order valence-corrected chi connectivity index (χ0v) is 13.0. The number of nitrogens with zero attached hydrogens (tertiary/aromatic N) is 2. The van der Waals surface area contributed by atoms with Crippen molar-refractivity contribution in [3.63, 3.8) is 0 Å².